The third-order valence-electron chi connectivity index (χ3n) is 3.44. The van der Waals surface area contributed by atoms with Crippen molar-refractivity contribution in [1.82, 2.24) is 9.55 Å². The summed E-state index contributed by atoms with van der Waals surface area (Å²) in [5.74, 6) is -0.119. The Hall–Kier alpha value is -1.88. The summed E-state index contributed by atoms with van der Waals surface area (Å²) >= 11 is 0. The number of carboxylic acids is 1. The van der Waals surface area contributed by atoms with Crippen LogP contribution in [0.2, 0.25) is 0 Å². The molecule has 21 heavy (non-hydrogen) atoms. The molecule has 1 heterocycles. The summed E-state index contributed by atoms with van der Waals surface area (Å²) in [6.45, 7) is 8.42. The van der Waals surface area contributed by atoms with Gasteiger partial charge in [0.25, 0.3) is 0 Å². The van der Waals surface area contributed by atoms with E-state index in [-0.39, 0.29) is 11.0 Å². The maximum atomic E-state index is 11.5. The van der Waals surface area contributed by atoms with Crippen LogP contribution < -0.4 is 0 Å². The van der Waals surface area contributed by atoms with Crippen LogP contribution in [0.5, 0.6) is 0 Å². The highest BCUT2D eigenvalue weighted by atomic mass is 16.4. The number of aryl methyl sites for hydroxylation is 1. The Kier molecular flexibility index (Phi) is 4.05. The number of aliphatic hydroxyl groups is 1. The van der Waals surface area contributed by atoms with Gasteiger partial charge in [0, 0.05) is 12.0 Å². The van der Waals surface area contributed by atoms with Crippen LogP contribution in [0.25, 0.3) is 11.0 Å². The van der Waals surface area contributed by atoms with Crippen molar-refractivity contribution in [2.24, 2.45) is 0 Å². The minimum atomic E-state index is -0.959. The second-order valence-corrected chi connectivity index (χ2v) is 6.45. The first kappa shape index (κ1) is 15.5. The van der Waals surface area contributed by atoms with Gasteiger partial charge < -0.3 is 14.8 Å². The van der Waals surface area contributed by atoms with Crippen molar-refractivity contribution in [1.29, 1.82) is 0 Å². The lowest BCUT2D eigenvalue weighted by molar-refractivity contribution is 0.0698. The second kappa shape index (κ2) is 5.48. The lowest BCUT2D eigenvalue weighted by Crippen LogP contribution is -2.21. The van der Waals surface area contributed by atoms with Crippen molar-refractivity contribution in [3.05, 3.63) is 29.6 Å². The van der Waals surface area contributed by atoms with Gasteiger partial charge in [-0.25, -0.2) is 9.78 Å². The molecule has 2 rings (SSSR count). The van der Waals surface area contributed by atoms with E-state index in [1.807, 2.05) is 31.4 Å². The van der Waals surface area contributed by atoms with E-state index in [4.69, 9.17) is 0 Å². The zero-order valence-corrected chi connectivity index (χ0v) is 12.9. The number of fused-ring (bicyclic) bond motifs is 1. The maximum Gasteiger partial charge on any atom is 0.337 e. The number of imidazole rings is 1. The molecule has 1 unspecified atom stereocenters. The molecule has 0 spiro atoms. The molecule has 2 N–H and O–H groups in total. The van der Waals surface area contributed by atoms with Crippen LogP contribution in [0.3, 0.4) is 0 Å². The zero-order valence-electron chi connectivity index (χ0n) is 12.9. The summed E-state index contributed by atoms with van der Waals surface area (Å²) in [4.78, 5) is 16.1. The minimum absolute atomic E-state index is 0.201. The average molecular weight is 290 g/mol. The second-order valence-electron chi connectivity index (χ2n) is 6.45. The van der Waals surface area contributed by atoms with Gasteiger partial charge in [0.1, 0.15) is 5.82 Å². The molecule has 0 saturated carbocycles. The predicted molar refractivity (Wildman–Crippen MR) is 81.7 cm³/mol. The molecule has 1 aromatic heterocycles. The highest BCUT2D eigenvalue weighted by molar-refractivity contribution is 6.01. The van der Waals surface area contributed by atoms with Crippen LogP contribution in [0.15, 0.2) is 18.2 Å². The van der Waals surface area contributed by atoms with Gasteiger partial charge in [-0.15, -0.1) is 0 Å². The topological polar surface area (TPSA) is 75.3 Å². The van der Waals surface area contributed by atoms with E-state index in [2.05, 4.69) is 4.98 Å². The summed E-state index contributed by atoms with van der Waals surface area (Å²) in [6.07, 6.45) is 0.120. The number of hydrogen-bond acceptors (Lipinski definition) is 3. The first-order chi connectivity index (χ1) is 9.71. The SMILES string of the molecule is CC(O)CCn1c(C(C)(C)C)nc2cccc(C(=O)O)c21. The fraction of sp³-hybridized carbons (Fsp3) is 0.500. The van der Waals surface area contributed by atoms with Crippen LogP contribution in [0, 0.1) is 0 Å². The summed E-state index contributed by atoms with van der Waals surface area (Å²) in [5, 5.41) is 19.0. The standard InChI is InChI=1S/C16H22N2O3/c1-10(19)8-9-18-13-11(14(20)21)6-5-7-12(13)17-15(18)16(2,3)4/h5-7,10,19H,8-9H2,1-4H3,(H,20,21). The quantitative estimate of drug-likeness (QED) is 0.908. The molecule has 0 aliphatic heterocycles. The molecule has 5 heteroatoms. The number of carboxylic acid groups (broad SMARTS) is 1. The zero-order chi connectivity index (χ0) is 15.8. The van der Waals surface area contributed by atoms with Crippen molar-refractivity contribution in [2.75, 3.05) is 0 Å². The number of aromatic nitrogens is 2. The lowest BCUT2D eigenvalue weighted by Gasteiger charge is -2.21. The van der Waals surface area contributed by atoms with Crippen LogP contribution in [0.1, 0.15) is 50.3 Å². The molecule has 0 aliphatic rings. The van der Waals surface area contributed by atoms with Gasteiger partial charge >= 0.3 is 5.97 Å². The average Bonchev–Trinajstić information content (AvgIpc) is 2.74. The van der Waals surface area contributed by atoms with Crippen molar-refractivity contribution >= 4 is 17.0 Å². The molecular weight excluding hydrogens is 268 g/mol. The first-order valence-electron chi connectivity index (χ1n) is 7.13. The van der Waals surface area contributed by atoms with Crippen LogP contribution >= 0.6 is 0 Å². The largest absolute Gasteiger partial charge is 0.478 e. The van der Waals surface area contributed by atoms with Gasteiger partial charge in [0.2, 0.25) is 0 Å². The van der Waals surface area contributed by atoms with E-state index in [0.29, 0.717) is 24.0 Å². The Morgan fingerprint density at radius 3 is 2.57 bits per heavy atom. The molecule has 5 nitrogen and oxygen atoms in total. The van der Waals surface area contributed by atoms with E-state index in [0.717, 1.165) is 5.82 Å². The van der Waals surface area contributed by atoms with E-state index in [1.54, 1.807) is 19.1 Å². The van der Waals surface area contributed by atoms with Crippen LogP contribution in [-0.2, 0) is 12.0 Å². The van der Waals surface area contributed by atoms with E-state index >= 15 is 0 Å². The Morgan fingerprint density at radius 1 is 1.38 bits per heavy atom. The Labute approximate surface area is 124 Å². The van der Waals surface area contributed by atoms with Gasteiger partial charge in [-0.05, 0) is 25.5 Å². The highest BCUT2D eigenvalue weighted by Crippen LogP contribution is 2.28. The van der Waals surface area contributed by atoms with E-state index in [9.17, 15) is 15.0 Å². The number of benzene rings is 1. The summed E-state index contributed by atoms with van der Waals surface area (Å²) in [7, 11) is 0. The highest BCUT2D eigenvalue weighted by Gasteiger charge is 2.25. The summed E-state index contributed by atoms with van der Waals surface area (Å²) in [5.41, 5.74) is 1.37. The van der Waals surface area contributed by atoms with E-state index < -0.39 is 12.1 Å². The smallest absolute Gasteiger partial charge is 0.337 e. The van der Waals surface area contributed by atoms with Gasteiger partial charge in [-0.2, -0.15) is 0 Å². The molecular formula is C16H22N2O3. The maximum absolute atomic E-state index is 11.5. The summed E-state index contributed by atoms with van der Waals surface area (Å²) < 4.78 is 1.94. The van der Waals surface area contributed by atoms with Crippen molar-refractivity contribution in [3.8, 4) is 0 Å². The lowest BCUT2D eigenvalue weighted by atomic mass is 9.95. The number of carbonyl (C=O) groups is 1. The van der Waals surface area contributed by atoms with Crippen molar-refractivity contribution < 1.29 is 15.0 Å². The van der Waals surface area contributed by atoms with Crippen LogP contribution in [-0.4, -0.2) is 31.8 Å². The normalized spacial score (nSPS) is 13.6. The number of nitrogens with zero attached hydrogens (tertiary/aromatic N) is 2. The Bertz CT molecular complexity index is 666. The number of aromatic carboxylic acids is 1. The molecule has 0 amide bonds. The van der Waals surface area contributed by atoms with Crippen LogP contribution in [0.4, 0.5) is 0 Å². The van der Waals surface area contributed by atoms with E-state index in [1.165, 1.54) is 0 Å². The molecule has 0 aliphatic carbocycles. The molecule has 0 saturated heterocycles. The molecule has 0 radical (unpaired) electrons. The molecule has 114 valence electrons. The fourth-order valence-corrected chi connectivity index (χ4v) is 2.46. The Balaban J connectivity index is 2.70. The molecule has 1 atom stereocenters. The first-order valence-corrected chi connectivity index (χ1v) is 7.13. The third kappa shape index (κ3) is 3.08. The van der Waals surface area contributed by atoms with Crippen molar-refractivity contribution in [2.45, 2.75) is 52.2 Å². The number of para-hydroxylation sites is 1. The predicted octanol–water partition coefficient (Wildman–Crippen LogP) is 2.80. The number of hydrogen-bond donors (Lipinski definition) is 2. The number of aliphatic hydroxyl groups excluding tert-OH is 1. The molecule has 2 aromatic rings. The minimum Gasteiger partial charge on any atom is -0.478 e. The van der Waals surface area contributed by atoms with Gasteiger partial charge in [-0.3, -0.25) is 0 Å². The summed E-state index contributed by atoms with van der Waals surface area (Å²) in [6, 6.07) is 5.14. The molecule has 0 fully saturated rings. The Morgan fingerprint density at radius 2 is 2.05 bits per heavy atom. The third-order valence-corrected chi connectivity index (χ3v) is 3.44. The van der Waals surface area contributed by atoms with Gasteiger partial charge in [0.15, 0.2) is 0 Å². The van der Waals surface area contributed by atoms with Crippen molar-refractivity contribution in [3.63, 3.8) is 0 Å². The number of rotatable bonds is 4. The van der Waals surface area contributed by atoms with Gasteiger partial charge in [0.05, 0.1) is 22.7 Å². The molecule has 1 aromatic carbocycles. The monoisotopic (exact) mass is 290 g/mol. The fourth-order valence-electron chi connectivity index (χ4n) is 2.46. The molecule has 0 bridgehead atoms. The van der Waals surface area contributed by atoms with Gasteiger partial charge in [-0.1, -0.05) is 26.8 Å².